The first-order chi connectivity index (χ1) is 12.8. The predicted molar refractivity (Wildman–Crippen MR) is 101 cm³/mol. The SMILES string of the molecule is CCC(C)c1c(C2=NCCS2)c(C(F)F)nc(C(F)(F)F)c1C1=NCCS1. The van der Waals surface area contributed by atoms with E-state index in [9.17, 15) is 22.0 Å². The molecule has 0 saturated carbocycles. The Hall–Kier alpha value is -1.16. The number of thioether (sulfide) groups is 2. The van der Waals surface area contributed by atoms with Crippen molar-refractivity contribution in [3.8, 4) is 0 Å². The van der Waals surface area contributed by atoms with E-state index < -0.39 is 24.0 Å². The third kappa shape index (κ3) is 4.01. The minimum atomic E-state index is -4.85. The summed E-state index contributed by atoms with van der Waals surface area (Å²) in [6.07, 6.45) is -7.48. The second-order valence-corrected chi connectivity index (χ2v) is 8.35. The summed E-state index contributed by atoms with van der Waals surface area (Å²) in [5.74, 6) is 0.808. The molecule has 3 nitrogen and oxygen atoms in total. The van der Waals surface area contributed by atoms with Gasteiger partial charge in [-0.25, -0.2) is 13.8 Å². The zero-order valence-electron chi connectivity index (χ0n) is 14.7. The minimum Gasteiger partial charge on any atom is -0.277 e. The van der Waals surface area contributed by atoms with E-state index in [1.54, 1.807) is 6.92 Å². The van der Waals surface area contributed by atoms with Crippen molar-refractivity contribution < 1.29 is 22.0 Å². The minimum absolute atomic E-state index is 0.0695. The molecule has 2 aliphatic heterocycles. The van der Waals surface area contributed by atoms with Crippen LogP contribution in [0.1, 0.15) is 60.7 Å². The third-order valence-electron chi connectivity index (χ3n) is 4.44. The average Bonchev–Trinajstić information content (AvgIpc) is 3.31. The van der Waals surface area contributed by atoms with E-state index in [2.05, 4.69) is 15.0 Å². The molecule has 27 heavy (non-hydrogen) atoms. The fourth-order valence-corrected chi connectivity index (χ4v) is 4.92. The number of hydrogen-bond donors (Lipinski definition) is 0. The topological polar surface area (TPSA) is 37.6 Å². The summed E-state index contributed by atoms with van der Waals surface area (Å²) in [7, 11) is 0. The molecule has 10 heteroatoms. The summed E-state index contributed by atoms with van der Waals surface area (Å²) in [5.41, 5.74) is -1.93. The van der Waals surface area contributed by atoms with Crippen LogP contribution in [0.4, 0.5) is 22.0 Å². The van der Waals surface area contributed by atoms with Gasteiger partial charge in [-0.1, -0.05) is 13.8 Å². The number of rotatable bonds is 5. The van der Waals surface area contributed by atoms with Crippen molar-refractivity contribution in [2.45, 2.75) is 38.8 Å². The quantitative estimate of drug-likeness (QED) is 0.584. The number of halogens is 5. The Morgan fingerprint density at radius 1 is 1.00 bits per heavy atom. The Kier molecular flexibility index (Phi) is 6.14. The summed E-state index contributed by atoms with van der Waals surface area (Å²) >= 11 is 2.49. The molecule has 1 unspecified atom stereocenters. The van der Waals surface area contributed by atoms with Crippen LogP contribution in [-0.2, 0) is 6.18 Å². The van der Waals surface area contributed by atoms with E-state index in [-0.39, 0.29) is 27.7 Å². The molecule has 0 spiro atoms. The molecule has 1 aromatic heterocycles. The number of pyridine rings is 1. The van der Waals surface area contributed by atoms with Crippen molar-refractivity contribution in [1.29, 1.82) is 0 Å². The second-order valence-electron chi connectivity index (χ2n) is 6.19. The summed E-state index contributed by atoms with van der Waals surface area (Å²) in [6, 6.07) is 0. The number of alkyl halides is 5. The normalized spacial score (nSPS) is 18.8. The van der Waals surface area contributed by atoms with Crippen molar-refractivity contribution in [2.24, 2.45) is 9.98 Å². The highest BCUT2D eigenvalue weighted by molar-refractivity contribution is 8.15. The maximum atomic E-state index is 13.8. The van der Waals surface area contributed by atoms with Crippen LogP contribution in [0.15, 0.2) is 9.98 Å². The van der Waals surface area contributed by atoms with E-state index >= 15 is 0 Å². The van der Waals surface area contributed by atoms with E-state index in [0.717, 1.165) is 0 Å². The highest BCUT2D eigenvalue weighted by Gasteiger charge is 2.42. The molecule has 0 N–H and O–H groups in total. The van der Waals surface area contributed by atoms with Gasteiger partial charge in [0.2, 0.25) is 0 Å². The van der Waals surface area contributed by atoms with Gasteiger partial charge in [-0.05, 0) is 17.9 Å². The van der Waals surface area contributed by atoms with Crippen molar-refractivity contribution in [3.63, 3.8) is 0 Å². The van der Waals surface area contributed by atoms with E-state index in [0.29, 0.717) is 36.1 Å². The molecular formula is C17H18F5N3S2. The first-order valence-corrected chi connectivity index (χ1v) is 10.5. The molecule has 0 aromatic carbocycles. The molecule has 0 fully saturated rings. The molecule has 0 bridgehead atoms. The summed E-state index contributed by atoms with van der Waals surface area (Å²) in [6.45, 7) is 4.42. The van der Waals surface area contributed by atoms with Crippen LogP contribution >= 0.6 is 23.5 Å². The second kappa shape index (κ2) is 8.06. The number of hydrogen-bond acceptors (Lipinski definition) is 5. The van der Waals surface area contributed by atoms with E-state index in [1.165, 1.54) is 23.5 Å². The molecular weight excluding hydrogens is 405 g/mol. The Labute approximate surface area is 162 Å². The van der Waals surface area contributed by atoms with Gasteiger partial charge in [-0.2, -0.15) is 13.2 Å². The highest BCUT2D eigenvalue weighted by atomic mass is 32.2. The lowest BCUT2D eigenvalue weighted by Gasteiger charge is -2.25. The zero-order valence-corrected chi connectivity index (χ0v) is 16.4. The van der Waals surface area contributed by atoms with E-state index in [1.807, 2.05) is 6.92 Å². The maximum Gasteiger partial charge on any atom is 0.434 e. The first kappa shape index (κ1) is 20.6. The Morgan fingerprint density at radius 3 is 1.96 bits per heavy atom. The molecule has 1 aromatic rings. The molecule has 1 atom stereocenters. The van der Waals surface area contributed by atoms with Gasteiger partial charge in [0.05, 0.1) is 0 Å². The van der Waals surface area contributed by atoms with Crippen molar-refractivity contribution in [2.75, 3.05) is 24.6 Å². The van der Waals surface area contributed by atoms with Gasteiger partial charge in [0.1, 0.15) is 15.8 Å². The lowest BCUT2D eigenvalue weighted by atomic mass is 9.87. The monoisotopic (exact) mass is 423 g/mol. The van der Waals surface area contributed by atoms with Crippen LogP contribution in [-0.4, -0.2) is 39.7 Å². The van der Waals surface area contributed by atoms with Gasteiger partial charge in [0.25, 0.3) is 6.43 Å². The van der Waals surface area contributed by atoms with Crippen LogP contribution in [0.25, 0.3) is 0 Å². The smallest absolute Gasteiger partial charge is 0.277 e. The van der Waals surface area contributed by atoms with Crippen molar-refractivity contribution in [3.05, 3.63) is 28.1 Å². The zero-order chi connectivity index (χ0) is 19.8. The number of aliphatic imine (C=N–C) groups is 2. The third-order valence-corrected chi connectivity index (χ3v) is 6.43. The molecule has 0 amide bonds. The molecule has 0 radical (unpaired) electrons. The maximum absolute atomic E-state index is 13.8. The largest absolute Gasteiger partial charge is 0.434 e. The molecule has 3 heterocycles. The predicted octanol–water partition coefficient (Wildman–Crippen LogP) is 5.54. The average molecular weight is 423 g/mol. The highest BCUT2D eigenvalue weighted by Crippen LogP contribution is 2.43. The van der Waals surface area contributed by atoms with Crippen LogP contribution < -0.4 is 0 Å². The fourth-order valence-electron chi connectivity index (χ4n) is 3.10. The van der Waals surface area contributed by atoms with E-state index in [4.69, 9.17) is 0 Å². The summed E-state index contributed by atoms with van der Waals surface area (Å²) in [5, 5.41) is 0.586. The molecule has 2 aliphatic rings. The van der Waals surface area contributed by atoms with Crippen LogP contribution in [0, 0.1) is 0 Å². The number of aromatic nitrogens is 1. The summed E-state index contributed by atoms with van der Waals surface area (Å²) < 4.78 is 68.9. The van der Waals surface area contributed by atoms with Crippen LogP contribution in [0.3, 0.4) is 0 Å². The molecule has 0 aliphatic carbocycles. The van der Waals surface area contributed by atoms with Gasteiger partial charge in [0, 0.05) is 35.7 Å². The Morgan fingerprint density at radius 2 is 1.56 bits per heavy atom. The standard InChI is InChI=1S/C17H18F5N3S2/c1-3-8(2)9-10(15-23-4-6-26-15)12(14(18)19)25-13(17(20,21)22)11(9)16-24-5-7-27-16/h8,14H,3-7H2,1-2H3. The van der Waals surface area contributed by atoms with Gasteiger partial charge >= 0.3 is 6.18 Å². The fraction of sp³-hybridized carbons (Fsp3) is 0.588. The Bertz CT molecular complexity index is 790. The first-order valence-electron chi connectivity index (χ1n) is 8.54. The van der Waals surface area contributed by atoms with Gasteiger partial charge < -0.3 is 0 Å². The van der Waals surface area contributed by atoms with Gasteiger partial charge in [0.15, 0.2) is 5.69 Å². The molecule has 3 rings (SSSR count). The lowest BCUT2D eigenvalue weighted by molar-refractivity contribution is -0.141. The van der Waals surface area contributed by atoms with Crippen molar-refractivity contribution in [1.82, 2.24) is 4.98 Å². The van der Waals surface area contributed by atoms with Gasteiger partial charge in [-0.15, -0.1) is 23.5 Å². The van der Waals surface area contributed by atoms with Gasteiger partial charge in [-0.3, -0.25) is 9.98 Å². The van der Waals surface area contributed by atoms with Crippen LogP contribution in [0.5, 0.6) is 0 Å². The molecule has 0 saturated heterocycles. The lowest BCUT2D eigenvalue weighted by Crippen LogP contribution is -2.23. The Balaban J connectivity index is 2.43. The molecule has 148 valence electrons. The van der Waals surface area contributed by atoms with Crippen LogP contribution in [0.2, 0.25) is 0 Å². The number of nitrogens with zero attached hydrogens (tertiary/aromatic N) is 3. The van der Waals surface area contributed by atoms with Crippen molar-refractivity contribution >= 4 is 33.6 Å². The summed E-state index contributed by atoms with van der Waals surface area (Å²) in [4.78, 5) is 11.9.